The van der Waals surface area contributed by atoms with Gasteiger partial charge in [-0.15, -0.1) is 0 Å². The molecule has 2 rings (SSSR count). The van der Waals surface area contributed by atoms with Crippen LogP contribution in [0, 0.1) is 11.3 Å². The molecule has 1 aromatic heterocycles. The molecular formula is C13H13ClN4O2S. The predicted molar refractivity (Wildman–Crippen MR) is 79.6 cm³/mol. The summed E-state index contributed by atoms with van der Waals surface area (Å²) in [5.41, 5.74) is 0.297. The second-order valence-corrected chi connectivity index (χ2v) is 6.68. The van der Waals surface area contributed by atoms with Crippen LogP contribution in [-0.4, -0.2) is 18.2 Å². The summed E-state index contributed by atoms with van der Waals surface area (Å²) < 4.78 is 28.7. The number of sulfonamides is 1. The third-order valence-electron chi connectivity index (χ3n) is 2.75. The molecule has 0 aliphatic carbocycles. The molecule has 1 aromatic carbocycles. The van der Waals surface area contributed by atoms with Crippen LogP contribution in [0.5, 0.6) is 0 Å². The van der Waals surface area contributed by atoms with Crippen LogP contribution >= 0.6 is 11.6 Å². The summed E-state index contributed by atoms with van der Waals surface area (Å²) in [7, 11) is -3.85. The van der Waals surface area contributed by atoms with Crippen molar-refractivity contribution >= 4 is 27.4 Å². The fourth-order valence-corrected chi connectivity index (χ4v) is 3.38. The van der Waals surface area contributed by atoms with Crippen LogP contribution in [0.2, 0.25) is 5.02 Å². The zero-order valence-electron chi connectivity index (χ0n) is 11.4. The summed E-state index contributed by atoms with van der Waals surface area (Å²) in [6.45, 7) is 3.78. The number of hydrogen-bond donors (Lipinski definition) is 1. The topological polar surface area (TPSA) is 87.8 Å². The first kappa shape index (κ1) is 15.4. The zero-order chi connectivity index (χ0) is 15.6. The van der Waals surface area contributed by atoms with Gasteiger partial charge in [0.25, 0.3) is 10.0 Å². The Morgan fingerprint density at radius 3 is 2.67 bits per heavy atom. The van der Waals surface area contributed by atoms with Gasteiger partial charge < -0.3 is 0 Å². The molecule has 0 spiro atoms. The van der Waals surface area contributed by atoms with Gasteiger partial charge in [0.2, 0.25) is 0 Å². The number of aromatic nitrogens is 2. The van der Waals surface area contributed by atoms with E-state index >= 15 is 0 Å². The van der Waals surface area contributed by atoms with Gasteiger partial charge in [-0.25, -0.2) is 13.1 Å². The Bertz CT molecular complexity index is 806. The summed E-state index contributed by atoms with van der Waals surface area (Å²) >= 11 is 5.94. The van der Waals surface area contributed by atoms with E-state index in [1.54, 1.807) is 10.7 Å². The molecule has 21 heavy (non-hydrogen) atoms. The monoisotopic (exact) mass is 324 g/mol. The number of nitrogens with zero attached hydrogens (tertiary/aromatic N) is 3. The minimum absolute atomic E-state index is 0.00263. The summed E-state index contributed by atoms with van der Waals surface area (Å²) in [4.78, 5) is -0.0836. The Morgan fingerprint density at radius 1 is 1.38 bits per heavy atom. The van der Waals surface area contributed by atoms with E-state index in [0.717, 1.165) is 0 Å². The van der Waals surface area contributed by atoms with Crippen molar-refractivity contribution in [1.82, 2.24) is 9.78 Å². The maximum Gasteiger partial charge on any atom is 0.264 e. The van der Waals surface area contributed by atoms with Crippen LogP contribution < -0.4 is 4.72 Å². The molecule has 6 nitrogen and oxygen atoms in total. The van der Waals surface area contributed by atoms with Gasteiger partial charge in [-0.2, -0.15) is 10.4 Å². The lowest BCUT2D eigenvalue weighted by Crippen LogP contribution is -2.17. The minimum atomic E-state index is -3.85. The van der Waals surface area contributed by atoms with Crippen LogP contribution in [0.15, 0.2) is 35.4 Å². The average molecular weight is 325 g/mol. The molecule has 1 heterocycles. The van der Waals surface area contributed by atoms with Gasteiger partial charge in [0.05, 0.1) is 22.9 Å². The summed E-state index contributed by atoms with van der Waals surface area (Å²) in [6.07, 6.45) is 1.51. The molecule has 0 amide bonds. The quantitative estimate of drug-likeness (QED) is 0.936. The van der Waals surface area contributed by atoms with Gasteiger partial charge in [-0.1, -0.05) is 11.6 Å². The van der Waals surface area contributed by atoms with Crippen molar-refractivity contribution < 1.29 is 8.42 Å². The Labute approximate surface area is 128 Å². The Kier molecular flexibility index (Phi) is 4.21. The highest BCUT2D eigenvalue weighted by Crippen LogP contribution is 2.25. The zero-order valence-corrected chi connectivity index (χ0v) is 13.0. The molecule has 0 saturated carbocycles. The van der Waals surface area contributed by atoms with Crippen molar-refractivity contribution in [2.45, 2.75) is 24.8 Å². The molecule has 1 N–H and O–H groups in total. The number of rotatable bonds is 4. The number of halogens is 1. The highest BCUT2D eigenvalue weighted by atomic mass is 35.5. The Hall–Kier alpha value is -2.04. The summed E-state index contributed by atoms with van der Waals surface area (Å²) in [6, 6.07) is 7.50. The third kappa shape index (κ3) is 3.17. The maximum absolute atomic E-state index is 12.4. The second kappa shape index (κ2) is 5.76. The first-order chi connectivity index (χ1) is 9.85. The fraction of sp³-hybridized carbons (Fsp3) is 0.231. The lowest BCUT2D eigenvalue weighted by Gasteiger charge is -2.13. The van der Waals surface area contributed by atoms with Crippen LogP contribution in [-0.2, 0) is 10.0 Å². The lowest BCUT2D eigenvalue weighted by atomic mass is 10.2. The number of benzene rings is 1. The molecule has 0 unspecified atom stereocenters. The molecule has 0 fully saturated rings. The number of nitrogens with one attached hydrogen (secondary N) is 1. The molecule has 0 atom stereocenters. The first-order valence-corrected chi connectivity index (χ1v) is 7.97. The SMILES string of the molecule is CC(C)n1nccc1NS(=O)(=O)c1ccc(C#N)cc1Cl. The molecular weight excluding hydrogens is 312 g/mol. The second-order valence-electron chi connectivity index (χ2n) is 4.62. The van der Waals surface area contributed by atoms with E-state index in [1.165, 1.54) is 24.4 Å². The van der Waals surface area contributed by atoms with Crippen molar-refractivity contribution in [3.8, 4) is 6.07 Å². The Balaban J connectivity index is 2.39. The first-order valence-electron chi connectivity index (χ1n) is 6.11. The largest absolute Gasteiger partial charge is 0.264 e. The van der Waals surface area contributed by atoms with Crippen LogP contribution in [0.4, 0.5) is 5.82 Å². The summed E-state index contributed by atoms with van der Waals surface area (Å²) in [5.74, 6) is 0.352. The average Bonchev–Trinajstić information content (AvgIpc) is 2.85. The standard InChI is InChI=1S/C13H13ClN4O2S/c1-9(2)18-13(5-6-16-18)17-21(19,20)12-4-3-10(8-15)7-11(12)14/h3-7,9,17H,1-2H3. The molecule has 0 aliphatic heterocycles. The molecule has 110 valence electrons. The van der Waals surface area contributed by atoms with Gasteiger partial charge in [-0.05, 0) is 32.0 Å². The van der Waals surface area contributed by atoms with E-state index in [2.05, 4.69) is 9.82 Å². The van der Waals surface area contributed by atoms with E-state index < -0.39 is 10.0 Å². The van der Waals surface area contributed by atoms with Gasteiger partial charge in [0.1, 0.15) is 10.7 Å². The minimum Gasteiger partial charge on any atom is -0.264 e. The van der Waals surface area contributed by atoms with Gasteiger partial charge >= 0.3 is 0 Å². The molecule has 0 radical (unpaired) electrons. The Morgan fingerprint density at radius 2 is 2.10 bits per heavy atom. The smallest absolute Gasteiger partial charge is 0.264 e. The molecule has 8 heteroatoms. The van der Waals surface area contributed by atoms with Gasteiger partial charge in [0, 0.05) is 12.1 Å². The highest BCUT2D eigenvalue weighted by Gasteiger charge is 2.20. The summed E-state index contributed by atoms with van der Waals surface area (Å²) in [5, 5.41) is 12.8. The molecule has 0 bridgehead atoms. The van der Waals surface area contributed by atoms with Crippen molar-refractivity contribution in [1.29, 1.82) is 5.26 Å². The van der Waals surface area contributed by atoms with Crippen molar-refractivity contribution in [3.63, 3.8) is 0 Å². The number of hydrogen-bond acceptors (Lipinski definition) is 4. The highest BCUT2D eigenvalue weighted by molar-refractivity contribution is 7.92. The predicted octanol–water partition coefficient (Wildman–Crippen LogP) is 2.79. The van der Waals surface area contributed by atoms with Gasteiger partial charge in [0.15, 0.2) is 0 Å². The van der Waals surface area contributed by atoms with E-state index in [0.29, 0.717) is 11.4 Å². The van der Waals surface area contributed by atoms with E-state index in [1.807, 2.05) is 19.9 Å². The fourth-order valence-electron chi connectivity index (χ4n) is 1.79. The number of anilines is 1. The normalized spacial score (nSPS) is 11.4. The van der Waals surface area contributed by atoms with Gasteiger partial charge in [-0.3, -0.25) is 4.72 Å². The third-order valence-corrected chi connectivity index (χ3v) is 4.59. The molecule has 0 aliphatic rings. The van der Waals surface area contributed by atoms with Crippen molar-refractivity contribution in [2.75, 3.05) is 4.72 Å². The van der Waals surface area contributed by atoms with E-state index in [-0.39, 0.29) is 16.0 Å². The maximum atomic E-state index is 12.4. The van der Waals surface area contributed by atoms with E-state index in [4.69, 9.17) is 16.9 Å². The molecule has 2 aromatic rings. The number of nitriles is 1. The molecule has 0 saturated heterocycles. The van der Waals surface area contributed by atoms with Crippen molar-refractivity contribution in [3.05, 3.63) is 41.0 Å². The van der Waals surface area contributed by atoms with Crippen LogP contribution in [0.3, 0.4) is 0 Å². The van der Waals surface area contributed by atoms with E-state index in [9.17, 15) is 8.42 Å². The van der Waals surface area contributed by atoms with Crippen LogP contribution in [0.1, 0.15) is 25.5 Å². The lowest BCUT2D eigenvalue weighted by molar-refractivity contribution is 0.539. The van der Waals surface area contributed by atoms with Crippen molar-refractivity contribution in [2.24, 2.45) is 0 Å². The van der Waals surface area contributed by atoms with Crippen LogP contribution in [0.25, 0.3) is 0 Å².